The number of carboxylic acid groups (broad SMARTS) is 1. The standard InChI is InChI=1S/C11H8Cl2N2O4/c12-7-2-1-6(5-8(7)13)14-11(19)15-9(16)3-4-10(17)18/h1-5H,(H,17,18)(H2,14,15,16,19)/b4-3+. The normalized spacial score (nSPS) is 10.2. The summed E-state index contributed by atoms with van der Waals surface area (Å²) < 4.78 is 0. The topological polar surface area (TPSA) is 95.5 Å². The van der Waals surface area contributed by atoms with E-state index in [9.17, 15) is 14.4 Å². The first-order valence-corrected chi connectivity index (χ1v) is 5.62. The first kappa shape index (κ1) is 15.0. The second kappa shape index (κ2) is 6.77. The molecule has 0 unspecified atom stereocenters. The lowest BCUT2D eigenvalue weighted by molar-refractivity contribution is -0.131. The highest BCUT2D eigenvalue weighted by Gasteiger charge is 2.06. The molecule has 0 aliphatic rings. The summed E-state index contributed by atoms with van der Waals surface area (Å²) in [6.07, 6.45) is 1.33. The number of hydrogen-bond donors (Lipinski definition) is 3. The molecular formula is C11H8Cl2N2O4. The minimum atomic E-state index is -1.29. The van der Waals surface area contributed by atoms with Gasteiger partial charge in [-0.3, -0.25) is 10.1 Å². The van der Waals surface area contributed by atoms with Gasteiger partial charge in [-0.1, -0.05) is 23.2 Å². The molecule has 0 heterocycles. The third kappa shape index (κ3) is 5.41. The van der Waals surface area contributed by atoms with Gasteiger partial charge in [0, 0.05) is 17.8 Å². The average molecular weight is 303 g/mol. The van der Waals surface area contributed by atoms with Gasteiger partial charge in [0.1, 0.15) is 0 Å². The SMILES string of the molecule is O=C(O)/C=C/C(=O)NC(=O)Nc1ccc(Cl)c(Cl)c1. The molecule has 3 N–H and O–H groups in total. The molecule has 100 valence electrons. The summed E-state index contributed by atoms with van der Waals surface area (Å²) in [4.78, 5) is 32.6. The minimum absolute atomic E-state index is 0.247. The molecule has 0 saturated carbocycles. The molecule has 1 aromatic rings. The number of anilines is 1. The molecule has 6 nitrogen and oxygen atoms in total. The van der Waals surface area contributed by atoms with Crippen LogP contribution >= 0.6 is 23.2 Å². The minimum Gasteiger partial charge on any atom is -0.478 e. The average Bonchev–Trinajstić information content (AvgIpc) is 2.31. The van der Waals surface area contributed by atoms with Gasteiger partial charge in [0.25, 0.3) is 5.91 Å². The molecule has 0 aliphatic heterocycles. The Morgan fingerprint density at radius 3 is 2.37 bits per heavy atom. The monoisotopic (exact) mass is 302 g/mol. The van der Waals surface area contributed by atoms with Gasteiger partial charge in [-0.25, -0.2) is 9.59 Å². The largest absolute Gasteiger partial charge is 0.478 e. The van der Waals surface area contributed by atoms with Crippen LogP contribution in [0.25, 0.3) is 0 Å². The van der Waals surface area contributed by atoms with Crippen LogP contribution in [0.15, 0.2) is 30.4 Å². The highest BCUT2D eigenvalue weighted by Crippen LogP contribution is 2.24. The van der Waals surface area contributed by atoms with Crippen LogP contribution in [0.3, 0.4) is 0 Å². The number of carbonyl (C=O) groups excluding carboxylic acids is 2. The highest BCUT2D eigenvalue weighted by molar-refractivity contribution is 6.42. The van der Waals surface area contributed by atoms with Crippen LogP contribution in [0.1, 0.15) is 0 Å². The summed E-state index contributed by atoms with van der Waals surface area (Å²) in [5, 5.41) is 13.1. The summed E-state index contributed by atoms with van der Waals surface area (Å²) in [5.74, 6) is -2.15. The number of carboxylic acids is 1. The number of rotatable bonds is 3. The fourth-order valence-corrected chi connectivity index (χ4v) is 1.33. The van der Waals surface area contributed by atoms with Crippen molar-refractivity contribution in [1.82, 2.24) is 5.32 Å². The second-order valence-electron chi connectivity index (χ2n) is 3.24. The fourth-order valence-electron chi connectivity index (χ4n) is 1.04. The summed E-state index contributed by atoms with van der Waals surface area (Å²) in [6.45, 7) is 0. The molecule has 0 aromatic heterocycles. The van der Waals surface area contributed by atoms with Crippen molar-refractivity contribution in [3.05, 3.63) is 40.4 Å². The molecule has 19 heavy (non-hydrogen) atoms. The summed E-state index contributed by atoms with van der Waals surface area (Å²) in [5.41, 5.74) is 0.335. The Morgan fingerprint density at radius 1 is 1.11 bits per heavy atom. The molecule has 0 radical (unpaired) electrons. The van der Waals surface area contributed by atoms with Gasteiger partial charge in [-0.05, 0) is 18.2 Å². The molecule has 0 fully saturated rings. The smallest absolute Gasteiger partial charge is 0.328 e. The Morgan fingerprint density at radius 2 is 1.79 bits per heavy atom. The van der Waals surface area contributed by atoms with Gasteiger partial charge in [0.2, 0.25) is 0 Å². The zero-order chi connectivity index (χ0) is 14.4. The van der Waals surface area contributed by atoms with Crippen molar-refractivity contribution in [2.24, 2.45) is 0 Å². The second-order valence-corrected chi connectivity index (χ2v) is 4.06. The Hall–Kier alpha value is -2.05. The number of urea groups is 1. The van der Waals surface area contributed by atoms with E-state index < -0.39 is 17.9 Å². The number of aliphatic carboxylic acids is 1. The zero-order valence-corrected chi connectivity index (χ0v) is 10.8. The number of amides is 3. The molecule has 0 aliphatic carbocycles. The van der Waals surface area contributed by atoms with Gasteiger partial charge in [0.05, 0.1) is 10.0 Å². The van der Waals surface area contributed by atoms with Crippen LogP contribution in [-0.4, -0.2) is 23.0 Å². The number of benzene rings is 1. The Bertz CT molecular complexity index is 558. The molecule has 8 heteroatoms. The Balaban J connectivity index is 2.58. The molecular weight excluding hydrogens is 295 g/mol. The Labute approximate surface area is 118 Å². The van der Waals surface area contributed by atoms with Gasteiger partial charge in [-0.15, -0.1) is 0 Å². The van der Waals surface area contributed by atoms with Crippen molar-refractivity contribution < 1.29 is 19.5 Å². The molecule has 0 atom stereocenters. The van der Waals surface area contributed by atoms with Crippen LogP contribution in [0.2, 0.25) is 10.0 Å². The van der Waals surface area contributed by atoms with Gasteiger partial charge >= 0.3 is 12.0 Å². The first-order valence-electron chi connectivity index (χ1n) is 4.86. The highest BCUT2D eigenvalue weighted by atomic mass is 35.5. The van der Waals surface area contributed by atoms with Crippen LogP contribution in [0.5, 0.6) is 0 Å². The van der Waals surface area contributed by atoms with Crippen LogP contribution < -0.4 is 10.6 Å². The van der Waals surface area contributed by atoms with E-state index in [0.29, 0.717) is 16.8 Å². The summed E-state index contributed by atoms with van der Waals surface area (Å²) in [7, 11) is 0. The van der Waals surface area contributed by atoms with Gasteiger partial charge < -0.3 is 10.4 Å². The molecule has 1 aromatic carbocycles. The molecule has 0 saturated heterocycles. The lowest BCUT2D eigenvalue weighted by Gasteiger charge is -2.06. The van der Waals surface area contributed by atoms with Gasteiger partial charge in [0.15, 0.2) is 0 Å². The van der Waals surface area contributed by atoms with E-state index in [1.807, 2.05) is 5.32 Å². The number of imide groups is 1. The third-order valence-corrected chi connectivity index (χ3v) is 2.53. The van der Waals surface area contributed by atoms with E-state index in [4.69, 9.17) is 28.3 Å². The fraction of sp³-hybridized carbons (Fsp3) is 0. The summed E-state index contributed by atoms with van der Waals surface area (Å²) in [6, 6.07) is 3.55. The van der Waals surface area contributed by atoms with Crippen molar-refractivity contribution in [2.75, 3.05) is 5.32 Å². The third-order valence-electron chi connectivity index (χ3n) is 1.79. The predicted octanol–water partition coefficient (Wildman–Crippen LogP) is 2.28. The predicted molar refractivity (Wildman–Crippen MR) is 70.4 cm³/mol. The maximum Gasteiger partial charge on any atom is 0.328 e. The van der Waals surface area contributed by atoms with Crippen molar-refractivity contribution in [2.45, 2.75) is 0 Å². The molecule has 1 rings (SSSR count). The molecule has 0 bridgehead atoms. The van der Waals surface area contributed by atoms with Crippen molar-refractivity contribution in [1.29, 1.82) is 0 Å². The quantitative estimate of drug-likeness (QED) is 0.746. The van der Waals surface area contributed by atoms with E-state index in [1.165, 1.54) is 18.2 Å². The molecule has 3 amide bonds. The maximum absolute atomic E-state index is 11.4. The number of nitrogens with one attached hydrogen (secondary N) is 2. The van der Waals surface area contributed by atoms with Gasteiger partial charge in [-0.2, -0.15) is 0 Å². The zero-order valence-electron chi connectivity index (χ0n) is 9.31. The van der Waals surface area contributed by atoms with E-state index in [-0.39, 0.29) is 5.02 Å². The van der Waals surface area contributed by atoms with E-state index in [2.05, 4.69) is 5.32 Å². The van der Waals surface area contributed by atoms with Crippen molar-refractivity contribution in [3.8, 4) is 0 Å². The lowest BCUT2D eigenvalue weighted by atomic mass is 10.3. The van der Waals surface area contributed by atoms with Crippen LogP contribution in [0.4, 0.5) is 10.5 Å². The van der Waals surface area contributed by atoms with E-state index in [1.54, 1.807) is 0 Å². The lowest BCUT2D eigenvalue weighted by Crippen LogP contribution is -2.33. The number of hydrogen-bond acceptors (Lipinski definition) is 3. The first-order chi connectivity index (χ1) is 8.88. The molecule has 0 spiro atoms. The van der Waals surface area contributed by atoms with Crippen molar-refractivity contribution in [3.63, 3.8) is 0 Å². The maximum atomic E-state index is 11.4. The number of carbonyl (C=O) groups is 3. The Kier molecular flexibility index (Phi) is 5.35. The van der Waals surface area contributed by atoms with Crippen LogP contribution in [0, 0.1) is 0 Å². The number of halogens is 2. The van der Waals surface area contributed by atoms with Crippen molar-refractivity contribution >= 4 is 46.8 Å². The summed E-state index contributed by atoms with van der Waals surface area (Å²) >= 11 is 11.4. The van der Waals surface area contributed by atoms with E-state index >= 15 is 0 Å². The van der Waals surface area contributed by atoms with Crippen LogP contribution in [-0.2, 0) is 9.59 Å². The van der Waals surface area contributed by atoms with E-state index in [0.717, 1.165) is 6.08 Å².